The summed E-state index contributed by atoms with van der Waals surface area (Å²) in [6.45, 7) is 2.39. The zero-order chi connectivity index (χ0) is 17.6. The lowest BCUT2D eigenvalue weighted by molar-refractivity contribution is -0.133. The lowest BCUT2D eigenvalue weighted by atomic mass is 9.88. The normalized spacial score (nSPS) is 23.0. The summed E-state index contributed by atoms with van der Waals surface area (Å²) in [5.74, 6) is 0.194. The molecule has 0 N–H and O–H groups in total. The van der Waals surface area contributed by atoms with Crippen LogP contribution in [0.3, 0.4) is 0 Å². The highest BCUT2D eigenvalue weighted by Gasteiger charge is 2.35. The van der Waals surface area contributed by atoms with E-state index in [1.165, 1.54) is 45.2 Å². The van der Waals surface area contributed by atoms with Crippen molar-refractivity contribution in [2.24, 2.45) is 4.99 Å². The van der Waals surface area contributed by atoms with Gasteiger partial charge in [-0.15, -0.1) is 12.4 Å². The van der Waals surface area contributed by atoms with Crippen LogP contribution in [-0.4, -0.2) is 53.1 Å². The molecule has 1 saturated heterocycles. The predicted octanol–water partition coefficient (Wildman–Crippen LogP) is 4.25. The summed E-state index contributed by atoms with van der Waals surface area (Å²) in [5.41, 5.74) is 1.74. The second-order valence-electron chi connectivity index (χ2n) is 7.22. The summed E-state index contributed by atoms with van der Waals surface area (Å²) < 4.78 is 0. The second kappa shape index (κ2) is 10.2. The predicted molar refractivity (Wildman–Crippen MR) is 112 cm³/mol. The van der Waals surface area contributed by atoms with Gasteiger partial charge in [-0.1, -0.05) is 25.0 Å². The summed E-state index contributed by atoms with van der Waals surface area (Å²) in [6.07, 6.45) is 7.88. The Labute approximate surface area is 168 Å². The summed E-state index contributed by atoms with van der Waals surface area (Å²) >= 11 is 4.66. The van der Waals surface area contributed by atoms with E-state index >= 15 is 0 Å². The van der Waals surface area contributed by atoms with Crippen molar-refractivity contribution in [3.63, 3.8) is 0 Å². The molecule has 0 unspecified atom stereocenters. The van der Waals surface area contributed by atoms with Crippen molar-refractivity contribution in [2.45, 2.75) is 57.0 Å². The van der Waals surface area contributed by atoms with E-state index in [4.69, 9.17) is 0 Å². The maximum absolute atomic E-state index is 12.9. The first-order chi connectivity index (χ1) is 12.2. The van der Waals surface area contributed by atoms with Crippen LogP contribution in [0, 0.1) is 0 Å². The molecule has 0 radical (unpaired) electrons. The Hall–Kier alpha value is -1.26. The molecule has 1 aromatic carbocycles. The number of rotatable bonds is 5. The van der Waals surface area contributed by atoms with Gasteiger partial charge in [0.05, 0.1) is 17.3 Å². The molecular formula is C20H28ClN3OS. The number of carbonyl (C=O) groups is 1. The smallest absolute Gasteiger partial charge is 0.227 e. The van der Waals surface area contributed by atoms with Gasteiger partial charge in [-0.05, 0) is 68.7 Å². The molecule has 1 aliphatic carbocycles. The Bertz CT molecular complexity index is 656. The van der Waals surface area contributed by atoms with Gasteiger partial charge in [0, 0.05) is 19.1 Å². The third kappa shape index (κ3) is 5.14. The molecule has 0 aromatic heterocycles. The van der Waals surface area contributed by atoms with Gasteiger partial charge in [0.25, 0.3) is 0 Å². The summed E-state index contributed by atoms with van der Waals surface area (Å²) in [4.78, 5) is 21.5. The van der Waals surface area contributed by atoms with Gasteiger partial charge in [0.2, 0.25) is 5.91 Å². The molecule has 2 fully saturated rings. The summed E-state index contributed by atoms with van der Waals surface area (Å²) in [5, 5.41) is 2.38. The minimum Gasteiger partial charge on any atom is -0.341 e. The largest absolute Gasteiger partial charge is 0.341 e. The SMILES string of the molecule is CN(C(=O)Cc1cccc(N=C=S)c1)[C@H]1CCCC[C@@H]1N1CCCC1.Cl. The maximum atomic E-state index is 12.9. The molecule has 26 heavy (non-hydrogen) atoms. The van der Waals surface area contributed by atoms with Crippen LogP contribution in [0.25, 0.3) is 0 Å². The van der Waals surface area contributed by atoms with E-state index in [1.54, 1.807) is 0 Å². The van der Waals surface area contributed by atoms with E-state index in [-0.39, 0.29) is 18.3 Å². The lowest BCUT2D eigenvalue weighted by Gasteiger charge is -2.42. The van der Waals surface area contributed by atoms with Crippen LogP contribution < -0.4 is 0 Å². The molecule has 6 heteroatoms. The van der Waals surface area contributed by atoms with E-state index in [0.717, 1.165) is 17.7 Å². The van der Waals surface area contributed by atoms with Crippen LogP contribution in [0.2, 0.25) is 0 Å². The van der Waals surface area contributed by atoms with Crippen molar-refractivity contribution in [2.75, 3.05) is 20.1 Å². The standard InChI is InChI=1S/C20H27N3OS.ClH/c1-22(18-9-2-3-10-19(18)23-11-4-5-12-23)20(24)14-16-7-6-8-17(13-16)21-15-25;/h6-8,13,18-19H,2-5,9-12,14H2,1H3;1H/t18-,19-;/m0./s1. The van der Waals surface area contributed by atoms with E-state index in [1.807, 2.05) is 36.2 Å². The molecule has 1 aromatic rings. The van der Waals surface area contributed by atoms with Crippen molar-refractivity contribution in [3.05, 3.63) is 29.8 Å². The number of likely N-dealkylation sites (tertiary alicyclic amines) is 1. The molecule has 1 aliphatic heterocycles. The van der Waals surface area contributed by atoms with Crippen LogP contribution in [0.5, 0.6) is 0 Å². The molecule has 1 saturated carbocycles. The Morgan fingerprint density at radius 2 is 2.00 bits per heavy atom. The number of thiocarbonyl (C=S) groups is 1. The number of amides is 1. The first-order valence-electron chi connectivity index (χ1n) is 9.35. The quantitative estimate of drug-likeness (QED) is 0.554. The third-order valence-corrected chi connectivity index (χ3v) is 5.73. The molecule has 2 atom stereocenters. The fraction of sp³-hybridized carbons (Fsp3) is 0.600. The highest BCUT2D eigenvalue weighted by atomic mass is 35.5. The average molecular weight is 394 g/mol. The highest BCUT2D eigenvalue weighted by Crippen LogP contribution is 2.29. The van der Waals surface area contributed by atoms with Crippen LogP contribution in [-0.2, 0) is 11.2 Å². The minimum atomic E-state index is 0. The third-order valence-electron chi connectivity index (χ3n) is 5.64. The molecule has 4 nitrogen and oxygen atoms in total. The van der Waals surface area contributed by atoms with Crippen LogP contribution >= 0.6 is 24.6 Å². The van der Waals surface area contributed by atoms with Gasteiger partial charge in [-0.3, -0.25) is 9.69 Å². The molecule has 1 heterocycles. The number of hydrogen-bond donors (Lipinski definition) is 0. The Morgan fingerprint density at radius 1 is 1.27 bits per heavy atom. The summed E-state index contributed by atoms with van der Waals surface area (Å²) in [7, 11) is 1.99. The molecule has 3 rings (SSSR count). The average Bonchev–Trinajstić information content (AvgIpc) is 3.16. The van der Waals surface area contributed by atoms with Crippen molar-refractivity contribution in [3.8, 4) is 0 Å². The first kappa shape index (κ1) is 21.0. The Balaban J connectivity index is 0.00000243. The number of benzene rings is 1. The van der Waals surface area contributed by atoms with Crippen LogP contribution in [0.1, 0.15) is 44.1 Å². The molecule has 0 bridgehead atoms. The number of likely N-dealkylation sites (N-methyl/N-ethyl adjacent to an activating group) is 1. The number of hydrogen-bond acceptors (Lipinski definition) is 4. The second-order valence-corrected chi connectivity index (χ2v) is 7.40. The van der Waals surface area contributed by atoms with Gasteiger partial charge >= 0.3 is 0 Å². The lowest BCUT2D eigenvalue weighted by Crippen LogP contribution is -2.53. The van der Waals surface area contributed by atoms with E-state index in [2.05, 4.69) is 27.3 Å². The minimum absolute atomic E-state index is 0. The fourth-order valence-electron chi connectivity index (χ4n) is 4.32. The molecule has 2 aliphatic rings. The molecule has 142 valence electrons. The fourth-order valence-corrected chi connectivity index (χ4v) is 4.42. The van der Waals surface area contributed by atoms with Crippen LogP contribution in [0.4, 0.5) is 5.69 Å². The molecule has 1 amide bonds. The maximum Gasteiger partial charge on any atom is 0.227 e. The Morgan fingerprint density at radius 3 is 2.73 bits per heavy atom. The van der Waals surface area contributed by atoms with Crippen molar-refractivity contribution < 1.29 is 4.79 Å². The number of isothiocyanates is 1. The van der Waals surface area contributed by atoms with Gasteiger partial charge in [-0.2, -0.15) is 4.99 Å². The van der Waals surface area contributed by atoms with Crippen molar-refractivity contribution in [1.29, 1.82) is 0 Å². The number of aliphatic imine (C=N–C) groups is 1. The Kier molecular flexibility index (Phi) is 8.23. The van der Waals surface area contributed by atoms with Gasteiger partial charge in [-0.25, -0.2) is 0 Å². The number of carbonyl (C=O) groups excluding carboxylic acids is 1. The number of nitrogens with zero attached hydrogens (tertiary/aromatic N) is 3. The zero-order valence-electron chi connectivity index (χ0n) is 15.4. The van der Waals surface area contributed by atoms with Gasteiger partial charge < -0.3 is 4.90 Å². The highest BCUT2D eigenvalue weighted by molar-refractivity contribution is 7.78. The number of halogens is 1. The van der Waals surface area contributed by atoms with Crippen LogP contribution in [0.15, 0.2) is 29.3 Å². The monoisotopic (exact) mass is 393 g/mol. The van der Waals surface area contributed by atoms with Crippen molar-refractivity contribution in [1.82, 2.24) is 9.80 Å². The zero-order valence-corrected chi connectivity index (χ0v) is 17.0. The first-order valence-corrected chi connectivity index (χ1v) is 9.76. The van der Waals surface area contributed by atoms with Gasteiger partial charge in [0.15, 0.2) is 0 Å². The molecule has 0 spiro atoms. The van der Waals surface area contributed by atoms with Crippen molar-refractivity contribution >= 4 is 41.4 Å². The summed E-state index contributed by atoms with van der Waals surface area (Å²) in [6, 6.07) is 8.58. The topological polar surface area (TPSA) is 35.9 Å². The molecular weight excluding hydrogens is 366 g/mol. The van der Waals surface area contributed by atoms with E-state index in [9.17, 15) is 4.79 Å². The van der Waals surface area contributed by atoms with E-state index < -0.39 is 0 Å². The van der Waals surface area contributed by atoms with E-state index in [0.29, 0.717) is 18.5 Å². The van der Waals surface area contributed by atoms with Gasteiger partial charge in [0.1, 0.15) is 0 Å².